The lowest BCUT2D eigenvalue weighted by Gasteiger charge is -2.50. The number of benzene rings is 19. The summed E-state index contributed by atoms with van der Waals surface area (Å²) in [4.78, 5) is 10.7. The van der Waals surface area contributed by atoms with Crippen LogP contribution in [0.3, 0.4) is 0 Å². The second-order valence-corrected chi connectivity index (χ2v) is 40.2. The van der Waals surface area contributed by atoms with Crippen LogP contribution in [0, 0.1) is 0 Å². The minimum atomic E-state index is -0.674. The van der Waals surface area contributed by atoms with Crippen LogP contribution in [0.5, 0.6) is 23.0 Å². The SMILES string of the molecule is CC(C)(C)c1cc(-c2ccccc2)c(N2c3cc(C(C)(C)C)cc4c3B(c3c2cc2c5c3Oc3ccc(-c6ccccc6)cc3B5c3cc(-c5ccccc5)ccc3N2c2ccccc2)c2c(cc3c5c2Oc2ccc(-c6ccccc6)cc2B5c2cc(-c5ccccc5)ccc2N3c2ccccc2)N4c2c(-c3ccccc3)cc(C(C)(C)C)cc2-c2ccccc2)c(-c2ccccc2)c1. The zero-order valence-electron chi connectivity index (χ0n) is 77.3. The van der Waals surface area contributed by atoms with Gasteiger partial charge in [0.1, 0.15) is 23.0 Å². The smallest absolute Gasteiger partial charge is 0.261 e. The molecule has 6 nitrogen and oxygen atoms in total. The number of ether oxygens (including phenoxy) is 2. The van der Waals surface area contributed by atoms with Gasteiger partial charge in [-0.1, -0.05) is 390 Å². The molecular formula is C126H97B3N4O2. The maximum Gasteiger partial charge on any atom is 0.261 e. The van der Waals surface area contributed by atoms with Gasteiger partial charge < -0.3 is 29.1 Å². The summed E-state index contributed by atoms with van der Waals surface area (Å²) in [5, 5.41) is 0. The van der Waals surface area contributed by atoms with Crippen LogP contribution in [0.2, 0.25) is 0 Å². The number of para-hydroxylation sites is 2. The van der Waals surface area contributed by atoms with E-state index in [-0.39, 0.29) is 24.3 Å². The molecule has 0 N–H and O–H groups in total. The Balaban J connectivity index is 0.917. The molecule has 0 saturated carbocycles. The van der Waals surface area contributed by atoms with E-state index < -0.39 is 12.1 Å². The molecule has 9 heteroatoms. The third kappa shape index (κ3) is 13.3. The van der Waals surface area contributed by atoms with E-state index in [0.717, 1.165) is 219 Å². The zero-order valence-corrected chi connectivity index (χ0v) is 77.3. The molecule has 0 aliphatic carbocycles. The highest BCUT2D eigenvalue weighted by Crippen LogP contribution is 2.59. The van der Waals surface area contributed by atoms with Crippen molar-refractivity contribution in [2.75, 3.05) is 19.6 Å². The van der Waals surface area contributed by atoms with Crippen molar-refractivity contribution in [1.82, 2.24) is 0 Å². The normalized spacial score (nSPS) is 13.4. The van der Waals surface area contributed by atoms with Crippen LogP contribution in [0.25, 0.3) is 89.0 Å². The minimum absolute atomic E-state index is 0.300. The summed E-state index contributed by atoms with van der Waals surface area (Å²) in [5.74, 6) is 3.21. The molecule has 19 aromatic rings. The summed E-state index contributed by atoms with van der Waals surface area (Å²) in [5.41, 5.74) is 42.7. The average Bonchev–Trinajstić information content (AvgIpc) is 0.660. The van der Waals surface area contributed by atoms with E-state index in [1.54, 1.807) is 0 Å². The Morgan fingerprint density at radius 1 is 0.185 bits per heavy atom. The summed E-state index contributed by atoms with van der Waals surface area (Å²) in [6, 6.07) is 160. The summed E-state index contributed by atoms with van der Waals surface area (Å²) in [6.45, 7) is 20.0. The third-order valence-electron chi connectivity index (χ3n) is 28.9. The summed E-state index contributed by atoms with van der Waals surface area (Å²) >= 11 is 0. The van der Waals surface area contributed by atoms with Crippen molar-refractivity contribution >= 4 is 138 Å². The van der Waals surface area contributed by atoms with Gasteiger partial charge in [-0.25, -0.2) is 0 Å². The lowest BCUT2D eigenvalue weighted by atomic mass is 9.28. The van der Waals surface area contributed by atoms with Crippen LogP contribution in [-0.2, 0) is 16.2 Å². The van der Waals surface area contributed by atoms with Gasteiger partial charge in [-0.2, -0.15) is 0 Å². The summed E-state index contributed by atoms with van der Waals surface area (Å²) < 4.78 is 17.4. The zero-order chi connectivity index (χ0) is 90.9. The van der Waals surface area contributed by atoms with Crippen molar-refractivity contribution < 1.29 is 9.47 Å². The molecule has 25 rings (SSSR count). The highest BCUT2D eigenvalue weighted by Gasteiger charge is 2.56. The molecule has 0 unspecified atom stereocenters. The Labute approximate surface area is 793 Å². The van der Waals surface area contributed by atoms with Crippen LogP contribution in [0.15, 0.2) is 425 Å². The van der Waals surface area contributed by atoms with Crippen LogP contribution >= 0.6 is 0 Å². The fourth-order valence-electron chi connectivity index (χ4n) is 22.4. The number of rotatable bonds is 12. The van der Waals surface area contributed by atoms with Crippen molar-refractivity contribution in [3.63, 3.8) is 0 Å². The molecule has 135 heavy (non-hydrogen) atoms. The Morgan fingerprint density at radius 2 is 0.422 bits per heavy atom. The largest absolute Gasteiger partial charge is 0.459 e. The predicted molar refractivity (Wildman–Crippen MR) is 572 cm³/mol. The van der Waals surface area contributed by atoms with E-state index in [4.69, 9.17) is 9.47 Å². The van der Waals surface area contributed by atoms with Gasteiger partial charge >= 0.3 is 0 Å². The number of fused-ring (bicyclic) bond motifs is 14. The number of hydrogen-bond acceptors (Lipinski definition) is 6. The Kier molecular flexibility index (Phi) is 18.9. The molecule has 0 atom stereocenters. The molecule has 0 saturated heterocycles. The molecule has 0 aromatic heterocycles. The van der Waals surface area contributed by atoms with E-state index >= 15 is 0 Å². The second-order valence-electron chi connectivity index (χ2n) is 40.2. The van der Waals surface area contributed by atoms with Crippen molar-refractivity contribution in [3.8, 4) is 112 Å². The van der Waals surface area contributed by atoms with Gasteiger partial charge in [0, 0.05) is 79.1 Å². The van der Waals surface area contributed by atoms with Crippen molar-refractivity contribution in [3.05, 3.63) is 441 Å². The molecule has 642 valence electrons. The fraction of sp³-hybridized carbons (Fsp3) is 0.0952. The van der Waals surface area contributed by atoms with Crippen LogP contribution in [-0.4, -0.2) is 20.1 Å². The number of hydrogen-bond donors (Lipinski definition) is 0. The fourth-order valence-corrected chi connectivity index (χ4v) is 22.4. The highest BCUT2D eigenvalue weighted by molar-refractivity contribution is 7.05. The molecular weight excluding hydrogens is 1630 g/mol. The average molecular weight is 1730 g/mol. The Bertz CT molecular complexity index is 7380. The van der Waals surface area contributed by atoms with E-state index in [1.807, 2.05) is 0 Å². The first-order valence-electron chi connectivity index (χ1n) is 47.5. The lowest BCUT2D eigenvalue weighted by Crippen LogP contribution is -2.67. The maximum absolute atomic E-state index is 8.71. The summed E-state index contributed by atoms with van der Waals surface area (Å²) in [6.07, 6.45) is 0. The minimum Gasteiger partial charge on any atom is -0.459 e. The topological polar surface area (TPSA) is 31.4 Å². The second kappa shape index (κ2) is 31.4. The number of anilines is 12. The molecule has 6 aliphatic heterocycles. The van der Waals surface area contributed by atoms with Crippen molar-refractivity contribution in [2.24, 2.45) is 0 Å². The van der Waals surface area contributed by atoms with Gasteiger partial charge in [0.05, 0.1) is 11.4 Å². The first-order valence-corrected chi connectivity index (χ1v) is 47.5. The van der Waals surface area contributed by atoms with Gasteiger partial charge in [0.15, 0.2) is 0 Å². The van der Waals surface area contributed by atoms with Crippen LogP contribution in [0.4, 0.5) is 68.2 Å². The van der Waals surface area contributed by atoms with Gasteiger partial charge in [0.25, 0.3) is 20.1 Å². The van der Waals surface area contributed by atoms with Crippen molar-refractivity contribution in [2.45, 2.75) is 78.6 Å². The highest BCUT2D eigenvalue weighted by atomic mass is 16.5. The van der Waals surface area contributed by atoms with E-state index in [9.17, 15) is 0 Å². The third-order valence-corrected chi connectivity index (χ3v) is 28.9. The van der Waals surface area contributed by atoms with Gasteiger partial charge in [-0.15, -0.1) is 0 Å². The van der Waals surface area contributed by atoms with E-state index in [0.29, 0.717) is 0 Å². The molecule has 19 aromatic carbocycles. The Morgan fingerprint density at radius 3 is 0.711 bits per heavy atom. The number of nitrogens with zero attached hydrogens (tertiary/aromatic N) is 4. The van der Waals surface area contributed by atoms with Crippen molar-refractivity contribution in [1.29, 1.82) is 0 Å². The standard InChI is InChI=1S/C126H97B3N4O2/c1-124(2,3)92-72-97(84-48-28-14-29-49-84)120(98(73-92)85-50-30-15-31-51-85)132-107-76-94(126(7,8)9)77-108-115(107)129(118-111(132)78-109-116-122(118)134-113-66-62-90(82-44-24-12-25-45-82)70-103(113)127(116)101-68-88(80-40-20-10-21-41-80)60-64-105(101)130(109)95-56-36-18-37-57-95)119-112(133(108)121-99(86-52-32-16-33-53-86)74-93(125(4,5)6)75-100(121)87-54-34-17-35-55-87)79-110-117-123(119)135-114-67-63-91(83-46-26-13-27-47-83)71-104(114)128(117)102-69-89(81-42-22-11-23-43-81)61-65-106(102)131(110)96-58-38-19-39-59-96/h10-79H,1-9H3. The Hall–Kier alpha value is -15.8. The first-order chi connectivity index (χ1) is 65.9. The predicted octanol–water partition coefficient (Wildman–Crippen LogP) is 27.8. The summed E-state index contributed by atoms with van der Waals surface area (Å²) in [7, 11) is 0. The van der Waals surface area contributed by atoms with Gasteiger partial charge in [-0.3, -0.25) is 0 Å². The molecule has 0 spiro atoms. The van der Waals surface area contributed by atoms with E-state index in [1.165, 1.54) is 27.6 Å². The monoisotopic (exact) mass is 1730 g/mol. The van der Waals surface area contributed by atoms with Gasteiger partial charge in [0.2, 0.25) is 0 Å². The van der Waals surface area contributed by atoms with Gasteiger partial charge in [-0.05, 0) is 246 Å². The molecule has 6 aliphatic rings. The molecule has 0 bridgehead atoms. The van der Waals surface area contributed by atoms with Crippen LogP contribution < -0.4 is 78.2 Å². The maximum atomic E-state index is 8.71. The first kappa shape index (κ1) is 81.2. The van der Waals surface area contributed by atoms with Crippen LogP contribution in [0.1, 0.15) is 79.0 Å². The molecule has 0 fully saturated rings. The lowest BCUT2D eigenvalue weighted by molar-refractivity contribution is 0.490. The molecule has 0 radical (unpaired) electrons. The molecule has 6 heterocycles. The quantitative estimate of drug-likeness (QED) is 0.113. The van der Waals surface area contributed by atoms with E-state index in [2.05, 4.69) is 507 Å². The molecule has 0 amide bonds.